The van der Waals surface area contributed by atoms with Crippen LogP contribution >= 0.6 is 0 Å². The smallest absolute Gasteiger partial charge is 0.657 e. The molecule has 1 unspecified atom stereocenters. The number of fused-ring (bicyclic) bond motifs is 7. The van der Waals surface area contributed by atoms with Crippen molar-refractivity contribution in [2.45, 2.75) is 6.04 Å². The van der Waals surface area contributed by atoms with Crippen molar-refractivity contribution in [3.63, 3.8) is 0 Å². The number of benzene rings is 4. The van der Waals surface area contributed by atoms with Gasteiger partial charge in [-0.25, -0.2) is 4.99 Å². The standard InChI is InChI=1S/C48H36N5O.Zn/c1-49-43(54)29-22-35-30-42-46(33-18-10-4-11-19-33)40-26-25-38(51-40)44(31-14-6-2-7-15-31)36-23-24-37(50-36)45(32-16-8-3-9-17-32)39-27-28-41(52-39)47(48(35)53-42)34-20-12-5-13-21-34;/h2-30,41H,1H3,(H3-,49,50,51,52,53,54);/q-1;+2/p-1/b48-47-;. The number of nitrogens with zero attached hydrogens (tertiary/aromatic N) is 3. The zero-order valence-electron chi connectivity index (χ0n) is 30.3. The van der Waals surface area contributed by atoms with Crippen molar-refractivity contribution in [1.29, 1.82) is 0 Å². The van der Waals surface area contributed by atoms with Crippen LogP contribution in [0.3, 0.4) is 0 Å². The molecule has 1 amide bonds. The molecule has 4 aromatic carbocycles. The molecule has 7 heteroatoms. The van der Waals surface area contributed by atoms with Gasteiger partial charge in [-0.15, -0.1) is 22.1 Å². The third-order valence-electron chi connectivity index (χ3n) is 9.89. The molecule has 55 heavy (non-hydrogen) atoms. The summed E-state index contributed by atoms with van der Waals surface area (Å²) in [5, 5.41) is 8.14. The van der Waals surface area contributed by atoms with Crippen LogP contribution in [0.4, 0.5) is 0 Å². The number of rotatable bonds is 6. The molecule has 8 bridgehead atoms. The summed E-state index contributed by atoms with van der Waals surface area (Å²) in [6.07, 6.45) is 11.9. The van der Waals surface area contributed by atoms with E-state index in [0.717, 1.165) is 89.3 Å². The molecule has 2 N–H and O–H groups in total. The number of amides is 1. The molecule has 1 atom stereocenters. The maximum absolute atomic E-state index is 12.6. The summed E-state index contributed by atoms with van der Waals surface area (Å²) in [4.78, 5) is 28.8. The van der Waals surface area contributed by atoms with Crippen LogP contribution in [-0.4, -0.2) is 24.7 Å². The summed E-state index contributed by atoms with van der Waals surface area (Å²) in [6, 6.07) is 47.4. The Morgan fingerprint density at radius 2 is 1.24 bits per heavy atom. The van der Waals surface area contributed by atoms with Crippen molar-refractivity contribution in [2.24, 2.45) is 4.99 Å². The fourth-order valence-corrected chi connectivity index (χ4v) is 7.41. The van der Waals surface area contributed by atoms with Gasteiger partial charge in [0.05, 0.1) is 17.5 Å². The number of hydrogen-bond acceptors (Lipinski definition) is 3. The van der Waals surface area contributed by atoms with E-state index in [0.29, 0.717) is 0 Å². The van der Waals surface area contributed by atoms with Crippen molar-refractivity contribution in [2.75, 3.05) is 7.05 Å². The maximum atomic E-state index is 12.6. The fraction of sp³-hybridized carbons (Fsp3) is 0.0417. The summed E-state index contributed by atoms with van der Waals surface area (Å²) in [5.74, 6) is -0.195. The molecule has 3 aliphatic rings. The monoisotopic (exact) mass is 761 g/mol. The summed E-state index contributed by atoms with van der Waals surface area (Å²) < 4.78 is 0. The van der Waals surface area contributed by atoms with Gasteiger partial charge in [0.15, 0.2) is 0 Å². The SMILES string of the molecule is CNC(=O)/C=C/c1c/c2[n-]/c1=C(/c1ccccc1)C1C=C/C(=C(\c3ccccc3)c3ccc([n-]3)/C(c3ccccc3)=C3/C=CC(=N3)\C=2c2ccccc2)N1.[Zn+2]. The minimum atomic E-state index is -0.242. The van der Waals surface area contributed by atoms with Gasteiger partial charge in [-0.3, -0.25) is 4.79 Å². The van der Waals surface area contributed by atoms with Gasteiger partial charge >= 0.3 is 19.5 Å². The molecule has 0 saturated heterocycles. The fourth-order valence-electron chi connectivity index (χ4n) is 7.41. The molecule has 2 aromatic heterocycles. The molecule has 0 saturated carbocycles. The second-order valence-electron chi connectivity index (χ2n) is 13.2. The summed E-state index contributed by atoms with van der Waals surface area (Å²) in [6.45, 7) is 0. The number of likely N-dealkylation sites (N-methyl/N-ethyl adjacent to an activating group) is 1. The van der Waals surface area contributed by atoms with E-state index >= 15 is 0 Å². The Morgan fingerprint density at radius 3 is 1.85 bits per heavy atom. The van der Waals surface area contributed by atoms with Crippen LogP contribution in [-0.2, 0) is 24.3 Å². The number of aliphatic imine (C=N–C) groups is 1. The molecular weight excluding hydrogens is 728 g/mol. The van der Waals surface area contributed by atoms with E-state index in [4.69, 9.17) is 15.0 Å². The molecule has 0 spiro atoms. The normalized spacial score (nSPS) is 20.6. The molecule has 0 fully saturated rings. The molecule has 0 aliphatic carbocycles. The van der Waals surface area contributed by atoms with Gasteiger partial charge < -0.3 is 20.6 Å². The Labute approximate surface area is 332 Å². The van der Waals surface area contributed by atoms with Crippen molar-refractivity contribution >= 4 is 40.0 Å². The molecule has 260 valence electrons. The average molecular weight is 763 g/mol. The second-order valence-corrected chi connectivity index (χ2v) is 13.2. The molecule has 5 heterocycles. The molecule has 6 nitrogen and oxygen atoms in total. The van der Waals surface area contributed by atoms with E-state index in [-0.39, 0.29) is 31.4 Å². The van der Waals surface area contributed by atoms with Crippen LogP contribution in [0.5, 0.6) is 0 Å². The number of hydrogen-bond donors (Lipinski definition) is 2. The number of carbonyl (C=O) groups is 1. The van der Waals surface area contributed by atoms with Gasteiger partial charge in [0.1, 0.15) is 0 Å². The number of carbonyl (C=O) groups excluding carboxylic acids is 1. The van der Waals surface area contributed by atoms with E-state index in [2.05, 4.69) is 114 Å². The van der Waals surface area contributed by atoms with Gasteiger partial charge in [-0.05, 0) is 68.3 Å². The van der Waals surface area contributed by atoms with Crippen LogP contribution in [0.1, 0.15) is 39.2 Å². The Bertz CT molecular complexity index is 2710. The van der Waals surface area contributed by atoms with E-state index in [1.54, 1.807) is 13.1 Å². The van der Waals surface area contributed by atoms with Crippen LogP contribution in [0, 0.1) is 0 Å². The van der Waals surface area contributed by atoms with Crippen molar-refractivity contribution in [3.8, 4) is 0 Å². The summed E-state index contributed by atoms with van der Waals surface area (Å²) in [7, 11) is 1.63. The maximum Gasteiger partial charge on any atom is 2.00 e. The zero-order valence-corrected chi connectivity index (χ0v) is 33.2. The second kappa shape index (κ2) is 15.4. The number of aromatic nitrogens is 2. The molecule has 3 aliphatic heterocycles. The minimum Gasteiger partial charge on any atom is -0.657 e. The van der Waals surface area contributed by atoms with Crippen LogP contribution in [0.25, 0.3) is 28.4 Å². The summed E-state index contributed by atoms with van der Waals surface area (Å²) in [5.41, 5.74) is 13.0. The van der Waals surface area contributed by atoms with E-state index in [9.17, 15) is 4.79 Å². The first-order valence-corrected chi connectivity index (χ1v) is 18.0. The molecule has 6 aromatic rings. The van der Waals surface area contributed by atoms with Gasteiger partial charge in [0, 0.05) is 18.8 Å². The van der Waals surface area contributed by atoms with E-state index < -0.39 is 0 Å². The van der Waals surface area contributed by atoms with Crippen LogP contribution in [0.15, 0.2) is 186 Å². The number of nitrogens with one attached hydrogen (secondary N) is 2. The third kappa shape index (κ3) is 6.87. The average Bonchev–Trinajstić information content (AvgIpc) is 4.06. The van der Waals surface area contributed by atoms with Crippen LogP contribution < -0.4 is 31.3 Å². The van der Waals surface area contributed by atoms with Crippen molar-refractivity contribution < 1.29 is 24.3 Å². The molecular formula is C48H35N5OZn. The Hall–Kier alpha value is -6.56. The largest absolute Gasteiger partial charge is 2.00 e. The van der Waals surface area contributed by atoms with Crippen molar-refractivity contribution in [1.82, 2.24) is 20.6 Å². The van der Waals surface area contributed by atoms with Gasteiger partial charge in [-0.2, -0.15) is 0 Å². The first-order chi connectivity index (χ1) is 26.6. The summed E-state index contributed by atoms with van der Waals surface area (Å²) >= 11 is 0. The van der Waals surface area contributed by atoms with E-state index in [1.165, 1.54) is 0 Å². The minimum absolute atomic E-state index is 0. The topological polar surface area (TPSA) is 81.7 Å². The third-order valence-corrected chi connectivity index (χ3v) is 9.89. The molecule has 9 rings (SSSR count). The van der Waals surface area contributed by atoms with Crippen LogP contribution in [0.2, 0.25) is 0 Å². The van der Waals surface area contributed by atoms with Crippen molar-refractivity contribution in [3.05, 3.63) is 231 Å². The Kier molecular flexibility index (Phi) is 9.95. The Morgan fingerprint density at radius 1 is 0.673 bits per heavy atom. The van der Waals surface area contributed by atoms with Gasteiger partial charge in [0.2, 0.25) is 5.91 Å². The predicted molar refractivity (Wildman–Crippen MR) is 217 cm³/mol. The molecule has 0 radical (unpaired) electrons. The van der Waals surface area contributed by atoms with E-state index in [1.807, 2.05) is 66.7 Å². The van der Waals surface area contributed by atoms with Gasteiger partial charge in [0.25, 0.3) is 0 Å². The predicted octanol–water partition coefficient (Wildman–Crippen LogP) is 6.53. The first kappa shape index (κ1) is 35.5. The Balaban J connectivity index is 0.00000427. The quantitative estimate of drug-likeness (QED) is 0.150. The number of allylic oxidation sites excluding steroid dienone is 3. The van der Waals surface area contributed by atoms with Gasteiger partial charge in [-0.1, -0.05) is 152 Å². The first-order valence-electron chi connectivity index (χ1n) is 18.0. The zero-order chi connectivity index (χ0) is 36.4.